The van der Waals surface area contributed by atoms with Crippen LogP contribution in [-0.2, 0) is 14.3 Å². The van der Waals surface area contributed by atoms with E-state index in [1.165, 1.54) is 6.92 Å². The van der Waals surface area contributed by atoms with Crippen LogP contribution in [0.5, 0.6) is 0 Å². The lowest BCUT2D eigenvalue weighted by Crippen LogP contribution is -2.50. The molecule has 1 heterocycles. The van der Waals surface area contributed by atoms with Gasteiger partial charge in [-0.1, -0.05) is 0 Å². The summed E-state index contributed by atoms with van der Waals surface area (Å²) in [6.07, 6.45) is -0.888. The van der Waals surface area contributed by atoms with Crippen LogP contribution in [0.2, 0.25) is 0 Å². The van der Waals surface area contributed by atoms with E-state index >= 15 is 0 Å². The zero-order valence-corrected chi connectivity index (χ0v) is 10.8. The molecule has 3 atom stereocenters. The fourth-order valence-corrected chi connectivity index (χ4v) is 1.87. The minimum atomic E-state index is -1.18. The van der Waals surface area contributed by atoms with Crippen molar-refractivity contribution in [2.75, 3.05) is 13.2 Å². The third kappa shape index (κ3) is 3.82. The molecule has 0 aromatic rings. The smallest absolute Gasteiger partial charge is 0.328 e. The van der Waals surface area contributed by atoms with Crippen LogP contribution < -0.4 is 5.32 Å². The molecule has 8 nitrogen and oxygen atoms in total. The number of rotatable bonds is 4. The zero-order chi connectivity index (χ0) is 14.6. The summed E-state index contributed by atoms with van der Waals surface area (Å²) in [4.78, 5) is 35.2. The molecule has 1 fully saturated rings. The number of hydrogen-bond acceptors (Lipinski definition) is 5. The summed E-state index contributed by atoms with van der Waals surface area (Å²) in [5.41, 5.74) is 0. The van der Waals surface area contributed by atoms with Gasteiger partial charge in [0.1, 0.15) is 12.1 Å². The summed E-state index contributed by atoms with van der Waals surface area (Å²) in [5.74, 6) is -1.78. The van der Waals surface area contributed by atoms with Gasteiger partial charge in [-0.05, 0) is 13.8 Å². The van der Waals surface area contributed by atoms with E-state index in [1.807, 2.05) is 0 Å². The number of esters is 1. The van der Waals surface area contributed by atoms with Gasteiger partial charge in [0.2, 0.25) is 0 Å². The number of aliphatic hydroxyl groups is 1. The van der Waals surface area contributed by atoms with Crippen molar-refractivity contribution in [3.8, 4) is 0 Å². The lowest BCUT2D eigenvalue weighted by molar-refractivity contribution is -0.144. The number of carbonyl (C=O) groups excluding carboxylic acids is 2. The van der Waals surface area contributed by atoms with Crippen molar-refractivity contribution in [2.24, 2.45) is 0 Å². The van der Waals surface area contributed by atoms with Crippen LogP contribution in [-0.4, -0.2) is 64.4 Å². The first-order valence-corrected chi connectivity index (χ1v) is 6.01. The standard InChI is InChI=1S/C11H18N2O6/c1-3-19-10(17)6(2)12-11(18)13-5-7(14)4-8(13)9(15)16/h6-8,14H,3-5H2,1-2H3,(H,12,18)(H,15,16)/t6?,7-,8-/m1/s1. The maximum atomic E-state index is 11.9. The maximum absolute atomic E-state index is 11.9. The van der Waals surface area contributed by atoms with Crippen LogP contribution in [0.4, 0.5) is 4.79 Å². The van der Waals surface area contributed by atoms with Crippen molar-refractivity contribution in [1.82, 2.24) is 10.2 Å². The number of carboxylic acids is 1. The molecule has 108 valence electrons. The normalized spacial score (nSPS) is 23.8. The molecule has 1 saturated heterocycles. The Morgan fingerprint density at radius 2 is 2.11 bits per heavy atom. The van der Waals surface area contributed by atoms with Crippen LogP contribution in [0, 0.1) is 0 Å². The van der Waals surface area contributed by atoms with Gasteiger partial charge in [0.05, 0.1) is 12.7 Å². The van der Waals surface area contributed by atoms with Gasteiger partial charge in [0, 0.05) is 13.0 Å². The molecular formula is C11H18N2O6. The second-order valence-corrected chi connectivity index (χ2v) is 4.32. The van der Waals surface area contributed by atoms with Gasteiger partial charge >= 0.3 is 18.0 Å². The highest BCUT2D eigenvalue weighted by molar-refractivity contribution is 5.87. The number of urea groups is 1. The molecule has 1 aliphatic rings. The Labute approximate surface area is 110 Å². The van der Waals surface area contributed by atoms with E-state index in [9.17, 15) is 19.5 Å². The molecule has 0 spiro atoms. The predicted octanol–water partition coefficient (Wildman–Crippen LogP) is -0.833. The lowest BCUT2D eigenvalue weighted by Gasteiger charge is -2.23. The lowest BCUT2D eigenvalue weighted by atomic mass is 10.2. The predicted molar refractivity (Wildman–Crippen MR) is 63.4 cm³/mol. The fraction of sp³-hybridized carbons (Fsp3) is 0.727. The van der Waals surface area contributed by atoms with E-state index in [0.29, 0.717) is 0 Å². The molecule has 0 aliphatic carbocycles. The number of likely N-dealkylation sites (tertiary alicyclic amines) is 1. The minimum Gasteiger partial charge on any atom is -0.480 e. The highest BCUT2D eigenvalue weighted by Gasteiger charge is 2.39. The minimum absolute atomic E-state index is 0.0173. The summed E-state index contributed by atoms with van der Waals surface area (Å²) in [6, 6.07) is -2.66. The Hall–Kier alpha value is -1.83. The number of nitrogens with one attached hydrogen (secondary N) is 1. The monoisotopic (exact) mass is 274 g/mol. The highest BCUT2D eigenvalue weighted by Crippen LogP contribution is 2.18. The molecule has 1 rings (SSSR count). The topological polar surface area (TPSA) is 116 Å². The number of β-amino-alcohol motifs (C(OH)–C–C–N with tert-alkyl or cyclic N) is 1. The molecule has 0 aromatic heterocycles. The van der Waals surface area contributed by atoms with Gasteiger partial charge in [0.25, 0.3) is 0 Å². The maximum Gasteiger partial charge on any atom is 0.328 e. The number of carboxylic acid groups (broad SMARTS) is 1. The molecule has 3 N–H and O–H groups in total. The molecule has 0 bridgehead atoms. The molecule has 0 aromatic carbocycles. The highest BCUT2D eigenvalue weighted by atomic mass is 16.5. The first-order chi connectivity index (χ1) is 8.86. The number of carbonyl (C=O) groups is 3. The molecule has 1 aliphatic heterocycles. The van der Waals surface area contributed by atoms with Crippen molar-refractivity contribution in [2.45, 2.75) is 38.5 Å². The molecule has 0 saturated carbocycles. The average molecular weight is 274 g/mol. The van der Waals surface area contributed by atoms with Crippen molar-refractivity contribution < 1.29 is 29.3 Å². The van der Waals surface area contributed by atoms with Gasteiger partial charge in [-0.3, -0.25) is 0 Å². The number of aliphatic carboxylic acids is 1. The molecule has 19 heavy (non-hydrogen) atoms. The van der Waals surface area contributed by atoms with E-state index in [2.05, 4.69) is 5.32 Å². The Morgan fingerprint density at radius 1 is 1.47 bits per heavy atom. The number of ether oxygens (including phenoxy) is 1. The van der Waals surface area contributed by atoms with Gasteiger partial charge in [0.15, 0.2) is 0 Å². The van der Waals surface area contributed by atoms with Crippen molar-refractivity contribution in [1.29, 1.82) is 0 Å². The summed E-state index contributed by atoms with van der Waals surface area (Å²) in [7, 11) is 0. The first kappa shape index (κ1) is 15.2. The summed E-state index contributed by atoms with van der Waals surface area (Å²) in [6.45, 7) is 3.21. The third-order valence-electron chi connectivity index (χ3n) is 2.81. The molecule has 0 radical (unpaired) electrons. The number of nitrogens with zero attached hydrogens (tertiary/aromatic N) is 1. The SMILES string of the molecule is CCOC(=O)C(C)NC(=O)N1C[C@H](O)C[C@@H]1C(=O)O. The van der Waals surface area contributed by atoms with E-state index in [-0.39, 0.29) is 19.6 Å². The van der Waals surface area contributed by atoms with Gasteiger partial charge in [-0.2, -0.15) is 0 Å². The molecule has 8 heteroatoms. The Balaban J connectivity index is 2.62. The molecule has 2 amide bonds. The number of aliphatic hydroxyl groups excluding tert-OH is 1. The number of amides is 2. The Bertz CT molecular complexity index is 372. The van der Waals surface area contributed by atoms with Crippen LogP contribution in [0.15, 0.2) is 0 Å². The fourth-order valence-electron chi connectivity index (χ4n) is 1.87. The number of hydrogen-bond donors (Lipinski definition) is 3. The quantitative estimate of drug-likeness (QED) is 0.576. The summed E-state index contributed by atoms with van der Waals surface area (Å²) in [5, 5.41) is 20.7. The van der Waals surface area contributed by atoms with Crippen LogP contribution >= 0.6 is 0 Å². The second kappa shape index (κ2) is 6.37. The first-order valence-electron chi connectivity index (χ1n) is 6.01. The van der Waals surface area contributed by atoms with Crippen LogP contribution in [0.3, 0.4) is 0 Å². The van der Waals surface area contributed by atoms with Crippen molar-refractivity contribution in [3.63, 3.8) is 0 Å². The van der Waals surface area contributed by atoms with Crippen LogP contribution in [0.25, 0.3) is 0 Å². The van der Waals surface area contributed by atoms with Gasteiger partial charge in [-0.25, -0.2) is 14.4 Å². The third-order valence-corrected chi connectivity index (χ3v) is 2.81. The Morgan fingerprint density at radius 3 is 2.63 bits per heavy atom. The van der Waals surface area contributed by atoms with E-state index in [4.69, 9.17) is 9.84 Å². The van der Waals surface area contributed by atoms with E-state index in [1.54, 1.807) is 6.92 Å². The van der Waals surface area contributed by atoms with E-state index < -0.39 is 36.2 Å². The Kier molecular flexibility index (Phi) is 5.11. The summed E-state index contributed by atoms with van der Waals surface area (Å²) >= 11 is 0. The average Bonchev–Trinajstić information content (AvgIpc) is 2.71. The zero-order valence-electron chi connectivity index (χ0n) is 10.8. The second-order valence-electron chi connectivity index (χ2n) is 4.32. The largest absolute Gasteiger partial charge is 0.480 e. The van der Waals surface area contributed by atoms with Gasteiger partial charge < -0.3 is 25.2 Å². The van der Waals surface area contributed by atoms with Crippen molar-refractivity contribution in [3.05, 3.63) is 0 Å². The van der Waals surface area contributed by atoms with Crippen molar-refractivity contribution >= 4 is 18.0 Å². The van der Waals surface area contributed by atoms with Crippen LogP contribution in [0.1, 0.15) is 20.3 Å². The summed E-state index contributed by atoms with van der Waals surface area (Å²) < 4.78 is 4.72. The van der Waals surface area contributed by atoms with E-state index in [0.717, 1.165) is 4.90 Å². The molecular weight excluding hydrogens is 256 g/mol. The molecule has 1 unspecified atom stereocenters. The van der Waals surface area contributed by atoms with Gasteiger partial charge in [-0.15, -0.1) is 0 Å².